The molecule has 0 aliphatic carbocycles. The van der Waals surface area contributed by atoms with E-state index < -0.39 is 30.7 Å². The van der Waals surface area contributed by atoms with Gasteiger partial charge >= 0.3 is 6.18 Å². The van der Waals surface area contributed by atoms with Gasteiger partial charge in [-0.1, -0.05) is 0 Å². The summed E-state index contributed by atoms with van der Waals surface area (Å²) in [6, 6.07) is 0. The monoisotopic (exact) mass is 282 g/mol. The van der Waals surface area contributed by atoms with Crippen LogP contribution < -0.4 is 10.6 Å². The molecule has 0 radical (unpaired) electrons. The quantitative estimate of drug-likeness (QED) is 0.697. The van der Waals surface area contributed by atoms with Gasteiger partial charge in [0.2, 0.25) is 11.9 Å². The Balaban J connectivity index is 2.27. The first kappa shape index (κ1) is 14.9. The number of carbonyl (C=O) groups is 2. The van der Waals surface area contributed by atoms with E-state index in [0.717, 1.165) is 0 Å². The predicted molar refractivity (Wildman–Crippen MR) is 55.8 cm³/mol. The van der Waals surface area contributed by atoms with Crippen LogP contribution in [0.15, 0.2) is 12.4 Å². The van der Waals surface area contributed by atoms with E-state index in [9.17, 15) is 27.2 Å². The number of carbonyl (C=O) groups excluding carboxylic acids is 2. The van der Waals surface area contributed by atoms with E-state index in [1.165, 1.54) is 12.4 Å². The highest BCUT2D eigenvalue weighted by atomic mass is 19.4. The summed E-state index contributed by atoms with van der Waals surface area (Å²) in [5.41, 5.74) is 0. The van der Waals surface area contributed by atoms with Crippen LogP contribution in [0.2, 0.25) is 0 Å². The minimum atomic E-state index is -5.25. The molecule has 2 amide bonds. The van der Waals surface area contributed by atoms with Gasteiger partial charge in [-0.05, 0) is 0 Å². The molecular formula is C9H10F4N4O2. The summed E-state index contributed by atoms with van der Waals surface area (Å²) in [5.74, 6) is -2.24. The molecule has 0 saturated heterocycles. The van der Waals surface area contributed by atoms with Crippen LogP contribution >= 0.6 is 0 Å². The summed E-state index contributed by atoms with van der Waals surface area (Å²) in [6.07, 6.45) is -6.32. The molecule has 0 fully saturated rings. The Labute approximate surface area is 104 Å². The van der Waals surface area contributed by atoms with E-state index in [4.69, 9.17) is 0 Å². The molecular weight excluding hydrogens is 272 g/mol. The highest BCUT2D eigenvalue weighted by Gasteiger charge is 2.45. The number of alkyl halides is 4. The van der Waals surface area contributed by atoms with Gasteiger partial charge in [-0.3, -0.25) is 14.9 Å². The number of amides is 2. The molecule has 1 unspecified atom stereocenters. The highest BCUT2D eigenvalue weighted by Crippen LogP contribution is 2.22. The van der Waals surface area contributed by atoms with Crippen LogP contribution in [0.5, 0.6) is 0 Å². The Hall–Kier alpha value is -2.13. The maximum atomic E-state index is 12.5. The lowest BCUT2D eigenvalue weighted by molar-refractivity contribution is -0.186. The lowest BCUT2D eigenvalue weighted by Crippen LogP contribution is -2.42. The zero-order valence-corrected chi connectivity index (χ0v) is 9.42. The van der Waals surface area contributed by atoms with Gasteiger partial charge in [0.25, 0.3) is 12.1 Å². The van der Waals surface area contributed by atoms with Gasteiger partial charge in [0.15, 0.2) is 0 Å². The van der Waals surface area contributed by atoms with Gasteiger partial charge in [-0.2, -0.15) is 13.2 Å². The Morgan fingerprint density at radius 2 is 2.11 bits per heavy atom. The number of hydrogen-bond acceptors (Lipinski definition) is 3. The van der Waals surface area contributed by atoms with E-state index >= 15 is 0 Å². The standard InChI is InChI=1S/C9H10F4N4O2/c10-6(9(11,12)13)7(19)14-2-1-5(18)17-8-15-3-4-16-8/h3-4,6H,1-2H2,(H,14,19)(H2,15,16,17,18). The van der Waals surface area contributed by atoms with Crippen LogP contribution in [0.3, 0.4) is 0 Å². The van der Waals surface area contributed by atoms with Crippen molar-refractivity contribution in [3.63, 3.8) is 0 Å². The summed E-state index contributed by atoms with van der Waals surface area (Å²) in [7, 11) is 0. The molecule has 1 atom stereocenters. The van der Waals surface area contributed by atoms with E-state index in [0.29, 0.717) is 0 Å². The van der Waals surface area contributed by atoms with Crippen molar-refractivity contribution >= 4 is 17.8 Å². The first-order valence-corrected chi connectivity index (χ1v) is 5.08. The first-order chi connectivity index (χ1) is 8.80. The molecule has 1 heterocycles. The molecule has 0 aliphatic heterocycles. The van der Waals surface area contributed by atoms with Crippen molar-refractivity contribution in [1.29, 1.82) is 0 Å². The van der Waals surface area contributed by atoms with E-state index in [2.05, 4.69) is 15.3 Å². The van der Waals surface area contributed by atoms with E-state index in [1.54, 1.807) is 5.32 Å². The van der Waals surface area contributed by atoms with Gasteiger partial charge in [0.05, 0.1) is 0 Å². The lowest BCUT2D eigenvalue weighted by Gasteiger charge is -2.12. The Bertz CT molecular complexity index is 432. The highest BCUT2D eigenvalue weighted by molar-refractivity contribution is 5.89. The van der Waals surface area contributed by atoms with E-state index in [1.807, 2.05) is 0 Å². The number of hydrogen-bond donors (Lipinski definition) is 3. The second-order valence-electron chi connectivity index (χ2n) is 3.43. The molecule has 0 aromatic carbocycles. The fraction of sp³-hybridized carbons (Fsp3) is 0.444. The van der Waals surface area contributed by atoms with Crippen LogP contribution in [-0.2, 0) is 9.59 Å². The number of aromatic nitrogens is 2. The lowest BCUT2D eigenvalue weighted by atomic mass is 10.3. The number of nitrogens with zero attached hydrogens (tertiary/aromatic N) is 1. The smallest absolute Gasteiger partial charge is 0.353 e. The minimum Gasteiger partial charge on any atom is -0.353 e. The van der Waals surface area contributed by atoms with E-state index in [-0.39, 0.29) is 12.4 Å². The number of nitrogens with one attached hydrogen (secondary N) is 3. The van der Waals surface area contributed by atoms with Gasteiger partial charge in [-0.25, -0.2) is 9.37 Å². The maximum absolute atomic E-state index is 12.5. The fourth-order valence-electron chi connectivity index (χ4n) is 1.07. The summed E-state index contributed by atoms with van der Waals surface area (Å²) in [5, 5.41) is 3.96. The predicted octanol–water partition coefficient (Wildman–Crippen LogP) is 0.755. The third kappa shape index (κ3) is 4.94. The zero-order chi connectivity index (χ0) is 14.5. The number of halogens is 4. The van der Waals surface area contributed by atoms with Crippen LogP contribution in [0.1, 0.15) is 6.42 Å². The molecule has 0 saturated carbocycles. The summed E-state index contributed by atoms with van der Waals surface area (Å²) in [6.45, 7) is -0.415. The molecule has 0 aliphatic rings. The van der Waals surface area contributed by atoms with Crippen LogP contribution in [0.25, 0.3) is 0 Å². The Morgan fingerprint density at radius 3 is 2.63 bits per heavy atom. The molecule has 1 rings (SSSR count). The number of anilines is 1. The van der Waals surface area contributed by atoms with Crippen LogP contribution in [-0.4, -0.2) is 40.7 Å². The molecule has 0 bridgehead atoms. The Morgan fingerprint density at radius 1 is 1.42 bits per heavy atom. The van der Waals surface area contributed by atoms with Crippen molar-refractivity contribution < 1.29 is 27.2 Å². The van der Waals surface area contributed by atoms with Gasteiger partial charge in [-0.15, -0.1) is 0 Å². The van der Waals surface area contributed by atoms with Crippen molar-refractivity contribution in [2.75, 3.05) is 11.9 Å². The SMILES string of the molecule is O=C(CCNC(=O)C(F)C(F)(F)F)Nc1ncc[nH]1. The van der Waals surface area contributed by atoms with Gasteiger partial charge < -0.3 is 10.3 Å². The second kappa shape index (κ2) is 6.16. The van der Waals surface area contributed by atoms with Crippen molar-refractivity contribution in [2.45, 2.75) is 18.8 Å². The van der Waals surface area contributed by atoms with Crippen molar-refractivity contribution in [3.8, 4) is 0 Å². The second-order valence-corrected chi connectivity index (χ2v) is 3.43. The Kier molecular flexibility index (Phi) is 4.84. The largest absolute Gasteiger partial charge is 0.428 e. The fourth-order valence-corrected chi connectivity index (χ4v) is 1.07. The van der Waals surface area contributed by atoms with Crippen LogP contribution in [0, 0.1) is 0 Å². The topological polar surface area (TPSA) is 86.9 Å². The number of imidazole rings is 1. The third-order valence-corrected chi connectivity index (χ3v) is 1.92. The van der Waals surface area contributed by atoms with Gasteiger partial charge in [0, 0.05) is 25.4 Å². The molecule has 10 heteroatoms. The number of rotatable bonds is 5. The normalized spacial score (nSPS) is 12.8. The van der Waals surface area contributed by atoms with Crippen LogP contribution in [0.4, 0.5) is 23.5 Å². The average molecular weight is 282 g/mol. The molecule has 0 spiro atoms. The maximum Gasteiger partial charge on any atom is 0.428 e. The molecule has 106 valence electrons. The van der Waals surface area contributed by atoms with Gasteiger partial charge in [0.1, 0.15) is 0 Å². The average Bonchev–Trinajstić information content (AvgIpc) is 2.79. The molecule has 3 N–H and O–H groups in total. The zero-order valence-electron chi connectivity index (χ0n) is 9.42. The van der Waals surface area contributed by atoms with Crippen molar-refractivity contribution in [1.82, 2.24) is 15.3 Å². The third-order valence-electron chi connectivity index (χ3n) is 1.92. The molecule has 1 aromatic heterocycles. The van der Waals surface area contributed by atoms with Crippen molar-refractivity contribution in [2.24, 2.45) is 0 Å². The number of aromatic amines is 1. The molecule has 1 aromatic rings. The minimum absolute atomic E-state index is 0.162. The molecule has 6 nitrogen and oxygen atoms in total. The summed E-state index contributed by atoms with van der Waals surface area (Å²) >= 11 is 0. The summed E-state index contributed by atoms with van der Waals surface area (Å²) in [4.78, 5) is 28.2. The first-order valence-electron chi connectivity index (χ1n) is 5.08. The van der Waals surface area contributed by atoms with Crippen molar-refractivity contribution in [3.05, 3.63) is 12.4 Å². The summed E-state index contributed by atoms with van der Waals surface area (Å²) < 4.78 is 47.9. The molecule has 19 heavy (non-hydrogen) atoms. The number of H-pyrrole nitrogens is 1.